The van der Waals surface area contributed by atoms with Gasteiger partial charge in [-0.1, -0.05) is 34.8 Å². The summed E-state index contributed by atoms with van der Waals surface area (Å²) in [5.41, 5.74) is 7.74. The van der Waals surface area contributed by atoms with Crippen molar-refractivity contribution in [1.82, 2.24) is 9.78 Å². The molecule has 0 bridgehead atoms. The van der Waals surface area contributed by atoms with Crippen molar-refractivity contribution in [3.05, 3.63) is 49.7 Å². The number of nitrogens with zero attached hydrogens (tertiary/aromatic N) is 2. The fourth-order valence-corrected chi connectivity index (χ4v) is 4.22. The van der Waals surface area contributed by atoms with E-state index in [2.05, 4.69) is 10.4 Å². The number of aryl methyl sites for hydroxylation is 1. The van der Waals surface area contributed by atoms with E-state index in [1.165, 1.54) is 6.07 Å². The van der Waals surface area contributed by atoms with Gasteiger partial charge in [-0.25, -0.2) is 0 Å². The van der Waals surface area contributed by atoms with Crippen molar-refractivity contribution in [3.63, 3.8) is 0 Å². The normalized spacial score (nSPS) is 10.9. The van der Waals surface area contributed by atoms with E-state index in [0.717, 1.165) is 11.3 Å². The molecule has 0 atom stereocenters. The summed E-state index contributed by atoms with van der Waals surface area (Å²) in [4.78, 5) is 12.5. The highest BCUT2D eigenvalue weighted by Gasteiger charge is 2.18. The van der Waals surface area contributed by atoms with E-state index in [4.69, 9.17) is 45.3 Å². The van der Waals surface area contributed by atoms with Crippen LogP contribution >= 0.6 is 46.1 Å². The smallest absolute Gasteiger partial charge is 0.258 e. The maximum absolute atomic E-state index is 12.5. The molecule has 0 saturated carbocycles. The Morgan fingerprint density at radius 2 is 2.11 bits per heavy atom. The van der Waals surface area contributed by atoms with Crippen LogP contribution in [-0.4, -0.2) is 28.8 Å². The fourth-order valence-electron chi connectivity index (χ4n) is 2.49. The highest BCUT2D eigenvalue weighted by molar-refractivity contribution is 7.20. The number of carbonyl (C=O) groups is 1. The number of hydrogen-bond donors (Lipinski definition) is 2. The number of hydrogen-bond acceptors (Lipinski definition) is 5. The van der Waals surface area contributed by atoms with Gasteiger partial charge < -0.3 is 15.8 Å². The minimum Gasteiger partial charge on any atom is -0.492 e. The molecule has 6 nitrogen and oxygen atoms in total. The molecule has 0 fully saturated rings. The summed E-state index contributed by atoms with van der Waals surface area (Å²) in [6.45, 7) is 0.714. The fraction of sp³-hybridized carbons (Fsp3) is 0.176. The second-order valence-corrected chi connectivity index (χ2v) is 8.20. The molecule has 0 spiro atoms. The molecule has 0 aliphatic heterocycles. The Kier molecular flexibility index (Phi) is 6.29. The van der Waals surface area contributed by atoms with Gasteiger partial charge >= 0.3 is 0 Å². The highest BCUT2D eigenvalue weighted by Crippen LogP contribution is 2.37. The minimum absolute atomic E-state index is 0.315. The molecule has 2 aromatic heterocycles. The van der Waals surface area contributed by atoms with Gasteiger partial charge in [0, 0.05) is 24.8 Å². The van der Waals surface area contributed by atoms with Gasteiger partial charge in [0.2, 0.25) is 0 Å². The lowest BCUT2D eigenvalue weighted by atomic mass is 10.1. The maximum Gasteiger partial charge on any atom is 0.258 e. The summed E-state index contributed by atoms with van der Waals surface area (Å²) >= 11 is 19.4. The molecule has 0 aliphatic rings. The quantitative estimate of drug-likeness (QED) is 0.576. The first kappa shape index (κ1) is 20.0. The molecular weight excluding hydrogens is 431 g/mol. The number of ether oxygens (including phenoxy) is 1. The number of halogens is 3. The summed E-state index contributed by atoms with van der Waals surface area (Å²) in [6.07, 6.45) is 1.54. The molecule has 0 aliphatic carbocycles. The zero-order valence-corrected chi connectivity index (χ0v) is 17.2. The van der Waals surface area contributed by atoms with Gasteiger partial charge in [0.05, 0.1) is 26.8 Å². The summed E-state index contributed by atoms with van der Waals surface area (Å²) in [7, 11) is 1.77. The van der Waals surface area contributed by atoms with Crippen LogP contribution in [0.15, 0.2) is 30.5 Å². The molecule has 3 rings (SSSR count). The van der Waals surface area contributed by atoms with Gasteiger partial charge in [-0.3, -0.25) is 9.48 Å². The average Bonchev–Trinajstić information content (AvgIpc) is 3.14. The Bertz CT molecular complexity index is 967. The second-order valence-electron chi connectivity index (χ2n) is 5.50. The molecule has 0 saturated heterocycles. The van der Waals surface area contributed by atoms with E-state index >= 15 is 0 Å². The lowest BCUT2D eigenvalue weighted by molar-refractivity contribution is 0.102. The van der Waals surface area contributed by atoms with Crippen LogP contribution in [0.3, 0.4) is 0 Å². The van der Waals surface area contributed by atoms with E-state index in [9.17, 15) is 4.79 Å². The maximum atomic E-state index is 12.5. The predicted molar refractivity (Wildman–Crippen MR) is 110 cm³/mol. The third-order valence-corrected chi connectivity index (χ3v) is 5.43. The number of aromatic nitrogens is 2. The molecule has 10 heteroatoms. The van der Waals surface area contributed by atoms with Gasteiger partial charge in [0.15, 0.2) is 0 Å². The molecule has 1 aromatic carbocycles. The first-order valence-corrected chi connectivity index (χ1v) is 9.76. The first-order valence-electron chi connectivity index (χ1n) is 7.81. The summed E-state index contributed by atoms with van der Waals surface area (Å²) in [5.74, 6) is 0.224. The Morgan fingerprint density at radius 1 is 1.33 bits per heavy atom. The van der Waals surface area contributed by atoms with Crippen molar-refractivity contribution in [3.8, 4) is 17.0 Å². The van der Waals surface area contributed by atoms with Crippen LogP contribution in [0.25, 0.3) is 11.3 Å². The van der Waals surface area contributed by atoms with Crippen molar-refractivity contribution in [2.24, 2.45) is 12.8 Å². The second kappa shape index (κ2) is 8.50. The number of benzene rings is 1. The van der Waals surface area contributed by atoms with Crippen molar-refractivity contribution >= 4 is 57.7 Å². The number of thiophene rings is 1. The average molecular weight is 446 g/mol. The van der Waals surface area contributed by atoms with Gasteiger partial charge in [-0.2, -0.15) is 5.10 Å². The molecule has 142 valence electrons. The van der Waals surface area contributed by atoms with Crippen LogP contribution in [0.5, 0.6) is 5.75 Å². The largest absolute Gasteiger partial charge is 0.492 e. The summed E-state index contributed by atoms with van der Waals surface area (Å²) in [6, 6.07) is 6.75. The third kappa shape index (κ3) is 4.39. The molecule has 3 N–H and O–H groups in total. The molecule has 2 heterocycles. The monoisotopic (exact) mass is 444 g/mol. The summed E-state index contributed by atoms with van der Waals surface area (Å²) in [5, 5.41) is 7.43. The number of nitrogens with two attached hydrogens (primary N) is 1. The van der Waals surface area contributed by atoms with Crippen molar-refractivity contribution in [1.29, 1.82) is 0 Å². The zero-order valence-electron chi connectivity index (χ0n) is 14.1. The SMILES string of the molecule is Cn1ncc(Cl)c1-c1cc(NC(=O)c2cc(Cl)sc2Cl)ccc1OCCN. The van der Waals surface area contributed by atoms with Gasteiger partial charge in [0.1, 0.15) is 16.7 Å². The van der Waals surface area contributed by atoms with Crippen molar-refractivity contribution < 1.29 is 9.53 Å². The Morgan fingerprint density at radius 3 is 2.70 bits per heavy atom. The van der Waals surface area contributed by atoms with Crippen LogP contribution in [0.1, 0.15) is 10.4 Å². The predicted octanol–water partition coefficient (Wildman–Crippen LogP) is 4.70. The van der Waals surface area contributed by atoms with E-state index in [1.54, 1.807) is 36.1 Å². The number of anilines is 1. The topological polar surface area (TPSA) is 82.2 Å². The van der Waals surface area contributed by atoms with Crippen molar-refractivity contribution in [2.45, 2.75) is 0 Å². The van der Waals surface area contributed by atoms with E-state index < -0.39 is 0 Å². The molecule has 27 heavy (non-hydrogen) atoms. The third-order valence-electron chi connectivity index (χ3n) is 3.66. The van der Waals surface area contributed by atoms with Gasteiger partial charge in [-0.05, 0) is 24.3 Å². The van der Waals surface area contributed by atoms with Crippen LogP contribution in [0, 0.1) is 0 Å². The molecule has 0 unspecified atom stereocenters. The van der Waals surface area contributed by atoms with Crippen LogP contribution in [0.2, 0.25) is 13.7 Å². The van der Waals surface area contributed by atoms with Gasteiger partial charge in [0.25, 0.3) is 5.91 Å². The number of rotatable bonds is 6. The van der Waals surface area contributed by atoms with E-state index in [1.807, 2.05) is 0 Å². The first-order chi connectivity index (χ1) is 12.9. The van der Waals surface area contributed by atoms with E-state index in [0.29, 0.717) is 55.1 Å². The molecule has 3 aromatic rings. The Balaban J connectivity index is 1.97. The number of nitrogens with one attached hydrogen (secondary N) is 1. The van der Waals surface area contributed by atoms with Crippen LogP contribution < -0.4 is 15.8 Å². The Hall–Kier alpha value is -1.77. The van der Waals surface area contributed by atoms with Crippen molar-refractivity contribution in [2.75, 3.05) is 18.5 Å². The number of carbonyl (C=O) groups excluding carboxylic acids is 1. The standard InChI is InChI=1S/C17H15Cl3N4O2S/c1-24-15(12(18)8-22-24)10-6-9(2-3-13(10)26-5-4-21)23-17(25)11-7-14(19)27-16(11)20/h2-3,6-8H,4-5,21H2,1H3,(H,23,25). The molecular formula is C17H15Cl3N4O2S. The van der Waals surface area contributed by atoms with Crippen LogP contribution in [-0.2, 0) is 7.05 Å². The van der Waals surface area contributed by atoms with Gasteiger partial charge in [-0.15, -0.1) is 11.3 Å². The number of amides is 1. The Labute approximate surface area is 174 Å². The van der Waals surface area contributed by atoms with Crippen LogP contribution in [0.4, 0.5) is 5.69 Å². The highest BCUT2D eigenvalue weighted by atomic mass is 35.5. The lowest BCUT2D eigenvalue weighted by Gasteiger charge is -2.14. The lowest BCUT2D eigenvalue weighted by Crippen LogP contribution is -2.13. The summed E-state index contributed by atoms with van der Waals surface area (Å²) < 4.78 is 8.12. The molecule has 0 radical (unpaired) electrons. The van der Waals surface area contributed by atoms with E-state index in [-0.39, 0.29) is 5.91 Å². The zero-order chi connectivity index (χ0) is 19.6. The molecule has 1 amide bonds. The minimum atomic E-state index is -0.360.